The lowest BCUT2D eigenvalue weighted by Crippen LogP contribution is -2.40. The number of amides is 2. The molecule has 0 heterocycles. The topological polar surface area (TPSA) is 61.4 Å². The Morgan fingerprint density at radius 2 is 2.29 bits per heavy atom. The molecule has 94 valence electrons. The SMILES string of the molecule is CCCC(CO)NC(=O)Nc1cccc(Cl)c1. The van der Waals surface area contributed by atoms with Crippen LogP contribution in [0.5, 0.6) is 0 Å². The van der Waals surface area contributed by atoms with Crippen LogP contribution in [0.1, 0.15) is 19.8 Å². The molecular formula is C12H17ClN2O2. The lowest BCUT2D eigenvalue weighted by atomic mass is 10.2. The number of rotatable bonds is 5. The number of benzene rings is 1. The van der Waals surface area contributed by atoms with E-state index in [1.54, 1.807) is 24.3 Å². The summed E-state index contributed by atoms with van der Waals surface area (Å²) in [6.07, 6.45) is 1.65. The number of aliphatic hydroxyl groups is 1. The number of anilines is 1. The minimum absolute atomic E-state index is 0.0587. The fourth-order valence-corrected chi connectivity index (χ4v) is 1.67. The average molecular weight is 257 g/mol. The maximum Gasteiger partial charge on any atom is 0.319 e. The second-order valence-corrected chi connectivity index (χ2v) is 4.21. The Kier molecular flexibility index (Phi) is 5.80. The fraction of sp³-hybridized carbons (Fsp3) is 0.417. The van der Waals surface area contributed by atoms with Crippen LogP contribution in [0.3, 0.4) is 0 Å². The Hall–Kier alpha value is -1.26. The molecule has 0 saturated carbocycles. The molecule has 17 heavy (non-hydrogen) atoms. The van der Waals surface area contributed by atoms with Gasteiger partial charge in [0.25, 0.3) is 0 Å². The molecule has 0 aromatic heterocycles. The lowest BCUT2D eigenvalue weighted by molar-refractivity contribution is 0.220. The van der Waals surface area contributed by atoms with Crippen molar-refractivity contribution < 1.29 is 9.90 Å². The monoisotopic (exact) mass is 256 g/mol. The van der Waals surface area contributed by atoms with Gasteiger partial charge in [-0.1, -0.05) is 31.0 Å². The van der Waals surface area contributed by atoms with Crippen LogP contribution in [0.4, 0.5) is 10.5 Å². The van der Waals surface area contributed by atoms with Crippen molar-refractivity contribution >= 4 is 23.3 Å². The second kappa shape index (κ2) is 7.14. The largest absolute Gasteiger partial charge is 0.394 e. The number of hydrogen-bond donors (Lipinski definition) is 3. The van der Waals surface area contributed by atoms with Gasteiger partial charge >= 0.3 is 6.03 Å². The van der Waals surface area contributed by atoms with E-state index in [9.17, 15) is 4.79 Å². The molecular weight excluding hydrogens is 240 g/mol. The highest BCUT2D eigenvalue weighted by atomic mass is 35.5. The number of halogens is 1. The van der Waals surface area contributed by atoms with Crippen LogP contribution < -0.4 is 10.6 Å². The Labute approximate surface area is 106 Å². The summed E-state index contributed by atoms with van der Waals surface area (Å²) in [5.41, 5.74) is 0.628. The molecule has 1 atom stereocenters. The number of nitrogens with one attached hydrogen (secondary N) is 2. The van der Waals surface area contributed by atoms with Crippen LogP contribution in [-0.2, 0) is 0 Å². The average Bonchev–Trinajstić information content (AvgIpc) is 2.28. The van der Waals surface area contributed by atoms with E-state index in [0.717, 1.165) is 12.8 Å². The van der Waals surface area contributed by atoms with E-state index in [-0.39, 0.29) is 18.7 Å². The zero-order chi connectivity index (χ0) is 12.7. The summed E-state index contributed by atoms with van der Waals surface area (Å²) < 4.78 is 0. The molecule has 1 aromatic rings. The van der Waals surface area contributed by atoms with Gasteiger partial charge in [-0.25, -0.2) is 4.79 Å². The molecule has 3 N–H and O–H groups in total. The van der Waals surface area contributed by atoms with Gasteiger partial charge in [0.15, 0.2) is 0 Å². The quantitative estimate of drug-likeness (QED) is 0.758. The van der Waals surface area contributed by atoms with Gasteiger partial charge in [-0.2, -0.15) is 0 Å². The van der Waals surface area contributed by atoms with Crippen LogP contribution in [0.2, 0.25) is 5.02 Å². The van der Waals surface area contributed by atoms with Crippen LogP contribution in [-0.4, -0.2) is 23.8 Å². The summed E-state index contributed by atoms with van der Waals surface area (Å²) in [6, 6.07) is 6.36. The lowest BCUT2D eigenvalue weighted by Gasteiger charge is -2.15. The van der Waals surface area contributed by atoms with Gasteiger partial charge in [-0.3, -0.25) is 0 Å². The molecule has 2 amide bonds. The summed E-state index contributed by atoms with van der Waals surface area (Å²) in [6.45, 7) is 1.94. The maximum absolute atomic E-state index is 11.6. The molecule has 0 aliphatic heterocycles. The van der Waals surface area contributed by atoms with E-state index in [2.05, 4.69) is 10.6 Å². The van der Waals surface area contributed by atoms with Gasteiger partial charge < -0.3 is 15.7 Å². The van der Waals surface area contributed by atoms with E-state index in [1.165, 1.54) is 0 Å². The third-order valence-corrected chi connectivity index (χ3v) is 2.51. The molecule has 0 radical (unpaired) electrons. The van der Waals surface area contributed by atoms with E-state index >= 15 is 0 Å². The highest BCUT2D eigenvalue weighted by molar-refractivity contribution is 6.30. The van der Waals surface area contributed by atoms with Gasteiger partial charge in [0.05, 0.1) is 12.6 Å². The van der Waals surface area contributed by atoms with Gasteiger partial charge in [0.1, 0.15) is 0 Å². The predicted molar refractivity (Wildman–Crippen MR) is 69.4 cm³/mol. The van der Waals surface area contributed by atoms with Gasteiger partial charge in [0, 0.05) is 10.7 Å². The normalized spacial score (nSPS) is 11.9. The molecule has 1 aromatic carbocycles. The Morgan fingerprint density at radius 3 is 2.88 bits per heavy atom. The van der Waals surface area contributed by atoms with Crippen molar-refractivity contribution in [3.8, 4) is 0 Å². The Bertz CT molecular complexity index is 371. The number of aliphatic hydroxyl groups excluding tert-OH is 1. The fourth-order valence-electron chi connectivity index (χ4n) is 1.48. The second-order valence-electron chi connectivity index (χ2n) is 3.78. The van der Waals surface area contributed by atoms with Gasteiger partial charge in [-0.15, -0.1) is 0 Å². The van der Waals surface area contributed by atoms with Crippen LogP contribution in [0.15, 0.2) is 24.3 Å². The Morgan fingerprint density at radius 1 is 1.53 bits per heavy atom. The first-order valence-electron chi connectivity index (χ1n) is 5.59. The van der Waals surface area contributed by atoms with E-state index < -0.39 is 0 Å². The number of hydrogen-bond acceptors (Lipinski definition) is 2. The van der Waals surface area contributed by atoms with Crippen molar-refractivity contribution in [3.05, 3.63) is 29.3 Å². The molecule has 4 nitrogen and oxygen atoms in total. The number of urea groups is 1. The van der Waals surface area contributed by atoms with Crippen LogP contribution in [0.25, 0.3) is 0 Å². The first-order chi connectivity index (χ1) is 8.15. The van der Waals surface area contributed by atoms with Crippen molar-refractivity contribution in [1.29, 1.82) is 0 Å². The van der Waals surface area contributed by atoms with E-state index in [4.69, 9.17) is 16.7 Å². The van der Waals surface area contributed by atoms with Crippen LogP contribution >= 0.6 is 11.6 Å². The van der Waals surface area contributed by atoms with Crippen molar-refractivity contribution in [1.82, 2.24) is 5.32 Å². The molecule has 0 saturated heterocycles. The summed E-state index contributed by atoms with van der Waals surface area (Å²) in [4.78, 5) is 11.6. The van der Waals surface area contributed by atoms with Gasteiger partial charge in [0.2, 0.25) is 0 Å². The molecule has 1 unspecified atom stereocenters. The summed E-state index contributed by atoms with van der Waals surface area (Å²) >= 11 is 5.80. The third kappa shape index (κ3) is 5.06. The summed E-state index contributed by atoms with van der Waals surface area (Å²) in [7, 11) is 0. The first-order valence-corrected chi connectivity index (χ1v) is 5.97. The molecule has 0 bridgehead atoms. The highest BCUT2D eigenvalue weighted by Crippen LogP contribution is 2.14. The third-order valence-electron chi connectivity index (χ3n) is 2.28. The number of carbonyl (C=O) groups excluding carboxylic acids is 1. The molecule has 5 heteroatoms. The first kappa shape index (κ1) is 13.8. The molecule has 0 aliphatic rings. The maximum atomic E-state index is 11.6. The van der Waals surface area contributed by atoms with Gasteiger partial charge in [-0.05, 0) is 24.6 Å². The minimum Gasteiger partial charge on any atom is -0.394 e. The van der Waals surface area contributed by atoms with Crippen molar-refractivity contribution in [2.45, 2.75) is 25.8 Å². The molecule has 0 fully saturated rings. The summed E-state index contributed by atoms with van der Waals surface area (Å²) in [5, 5.41) is 15.0. The van der Waals surface area contributed by atoms with E-state index in [0.29, 0.717) is 10.7 Å². The molecule has 0 aliphatic carbocycles. The summed E-state index contributed by atoms with van der Waals surface area (Å²) in [5.74, 6) is 0. The van der Waals surface area contributed by atoms with Crippen molar-refractivity contribution in [2.75, 3.05) is 11.9 Å². The smallest absolute Gasteiger partial charge is 0.319 e. The van der Waals surface area contributed by atoms with Crippen molar-refractivity contribution in [3.63, 3.8) is 0 Å². The number of carbonyl (C=O) groups is 1. The van der Waals surface area contributed by atoms with E-state index in [1.807, 2.05) is 6.92 Å². The predicted octanol–water partition coefficient (Wildman–Crippen LogP) is 2.62. The zero-order valence-electron chi connectivity index (χ0n) is 9.74. The van der Waals surface area contributed by atoms with Crippen LogP contribution in [0, 0.1) is 0 Å². The Balaban J connectivity index is 2.49. The highest BCUT2D eigenvalue weighted by Gasteiger charge is 2.10. The molecule has 0 spiro atoms. The molecule has 1 rings (SSSR count). The van der Waals surface area contributed by atoms with Crippen molar-refractivity contribution in [2.24, 2.45) is 0 Å². The standard InChI is InChI=1S/C12H17ClN2O2/c1-2-4-11(8-16)15-12(17)14-10-6-3-5-9(13)7-10/h3,5-7,11,16H,2,4,8H2,1H3,(H2,14,15,17). The zero-order valence-corrected chi connectivity index (χ0v) is 10.5. The minimum atomic E-state index is -0.334.